The molecule has 5 nitrogen and oxygen atoms in total. The fourth-order valence-corrected chi connectivity index (χ4v) is 1.86. The van der Waals surface area contributed by atoms with E-state index >= 15 is 0 Å². The molecule has 1 aliphatic heterocycles. The molecule has 19 heavy (non-hydrogen) atoms. The lowest BCUT2D eigenvalue weighted by Gasteiger charge is -2.14. The first kappa shape index (κ1) is 13.7. The average molecular weight is 264 g/mol. The molecule has 0 aliphatic carbocycles. The summed E-state index contributed by atoms with van der Waals surface area (Å²) >= 11 is 0. The van der Waals surface area contributed by atoms with Gasteiger partial charge >= 0.3 is 0 Å². The van der Waals surface area contributed by atoms with Crippen LogP contribution in [0.1, 0.15) is 12.0 Å². The molecule has 0 radical (unpaired) electrons. The largest absolute Gasteiger partial charge is 0.490 e. The van der Waals surface area contributed by atoms with Gasteiger partial charge in [-0.2, -0.15) is 0 Å². The minimum Gasteiger partial charge on any atom is -0.490 e. The molecule has 0 atom stereocenters. The lowest BCUT2D eigenvalue weighted by molar-refractivity contribution is -0.127. The quantitative estimate of drug-likeness (QED) is 0.882. The van der Waals surface area contributed by atoms with Crippen molar-refractivity contribution in [3.05, 3.63) is 23.8 Å². The number of rotatable bonds is 4. The number of carbonyl (C=O) groups excluding carboxylic acids is 1. The third-order valence-electron chi connectivity index (χ3n) is 2.94. The number of para-hydroxylation sites is 1. The molecule has 2 rings (SSSR count). The van der Waals surface area contributed by atoms with Crippen molar-refractivity contribution in [2.24, 2.45) is 0 Å². The second-order valence-electron chi connectivity index (χ2n) is 4.69. The molecule has 1 heterocycles. The Morgan fingerprint density at radius 2 is 2.11 bits per heavy atom. The molecule has 1 aliphatic rings. The minimum atomic E-state index is 0.0548. The zero-order valence-corrected chi connectivity index (χ0v) is 11.4. The van der Waals surface area contributed by atoms with Crippen LogP contribution >= 0.6 is 0 Å². The van der Waals surface area contributed by atoms with E-state index in [0.29, 0.717) is 26.3 Å². The van der Waals surface area contributed by atoms with E-state index in [0.717, 1.165) is 23.5 Å². The first-order valence-corrected chi connectivity index (χ1v) is 6.47. The van der Waals surface area contributed by atoms with E-state index in [9.17, 15) is 4.79 Å². The Balaban J connectivity index is 1.99. The van der Waals surface area contributed by atoms with Gasteiger partial charge in [0, 0.05) is 32.6 Å². The lowest BCUT2D eigenvalue weighted by Crippen LogP contribution is -2.32. The van der Waals surface area contributed by atoms with Crippen LogP contribution in [0.3, 0.4) is 0 Å². The SMILES string of the molecule is CN(C)C(=O)CNCc1cccc2c1OCCCO2. The van der Waals surface area contributed by atoms with Crippen LogP contribution in [-0.4, -0.2) is 44.7 Å². The molecule has 1 aromatic carbocycles. The van der Waals surface area contributed by atoms with Gasteiger partial charge in [-0.25, -0.2) is 0 Å². The van der Waals surface area contributed by atoms with Gasteiger partial charge in [-0.15, -0.1) is 0 Å². The van der Waals surface area contributed by atoms with Gasteiger partial charge in [-0.3, -0.25) is 4.79 Å². The van der Waals surface area contributed by atoms with Gasteiger partial charge in [-0.05, 0) is 6.07 Å². The van der Waals surface area contributed by atoms with E-state index in [1.54, 1.807) is 19.0 Å². The van der Waals surface area contributed by atoms with Crippen molar-refractivity contribution >= 4 is 5.91 Å². The summed E-state index contributed by atoms with van der Waals surface area (Å²) in [4.78, 5) is 13.1. The maximum absolute atomic E-state index is 11.5. The van der Waals surface area contributed by atoms with Crippen LogP contribution in [0.2, 0.25) is 0 Å². The third kappa shape index (κ3) is 3.61. The standard InChI is InChI=1S/C14H20N2O3/c1-16(2)13(17)10-15-9-11-5-3-6-12-14(11)19-8-4-7-18-12/h3,5-6,15H,4,7-10H2,1-2H3. The van der Waals surface area contributed by atoms with Gasteiger partial charge in [0.25, 0.3) is 0 Å². The van der Waals surface area contributed by atoms with Crippen molar-refractivity contribution in [2.75, 3.05) is 33.9 Å². The second-order valence-corrected chi connectivity index (χ2v) is 4.69. The molecule has 0 aromatic heterocycles. The van der Waals surface area contributed by atoms with E-state index in [4.69, 9.17) is 9.47 Å². The molecule has 0 saturated carbocycles. The van der Waals surface area contributed by atoms with Gasteiger partial charge in [0.05, 0.1) is 19.8 Å². The monoisotopic (exact) mass is 264 g/mol. The van der Waals surface area contributed by atoms with Crippen molar-refractivity contribution in [1.29, 1.82) is 0 Å². The third-order valence-corrected chi connectivity index (χ3v) is 2.94. The Morgan fingerprint density at radius 3 is 2.89 bits per heavy atom. The van der Waals surface area contributed by atoms with Gasteiger partial charge in [0.15, 0.2) is 11.5 Å². The highest BCUT2D eigenvalue weighted by Gasteiger charge is 2.14. The Kier molecular flexibility index (Phi) is 4.63. The number of ether oxygens (including phenoxy) is 2. The summed E-state index contributed by atoms with van der Waals surface area (Å²) < 4.78 is 11.4. The molecular formula is C14H20N2O3. The highest BCUT2D eigenvalue weighted by molar-refractivity contribution is 5.77. The number of nitrogens with one attached hydrogen (secondary N) is 1. The van der Waals surface area contributed by atoms with Crippen LogP contribution in [0.5, 0.6) is 11.5 Å². The molecule has 104 valence electrons. The minimum absolute atomic E-state index is 0.0548. The number of nitrogens with zero attached hydrogens (tertiary/aromatic N) is 1. The van der Waals surface area contributed by atoms with E-state index in [1.165, 1.54) is 0 Å². The van der Waals surface area contributed by atoms with Gasteiger partial charge in [-0.1, -0.05) is 12.1 Å². The number of fused-ring (bicyclic) bond motifs is 1. The number of amides is 1. The topological polar surface area (TPSA) is 50.8 Å². The Bertz CT molecular complexity index is 446. The van der Waals surface area contributed by atoms with Crippen molar-refractivity contribution in [3.63, 3.8) is 0 Å². The molecule has 1 N–H and O–H groups in total. The van der Waals surface area contributed by atoms with Crippen LogP contribution in [0.4, 0.5) is 0 Å². The van der Waals surface area contributed by atoms with Crippen molar-refractivity contribution in [1.82, 2.24) is 10.2 Å². The first-order chi connectivity index (χ1) is 9.18. The summed E-state index contributed by atoms with van der Waals surface area (Å²) in [6.07, 6.45) is 0.890. The number of hydrogen-bond donors (Lipinski definition) is 1. The summed E-state index contributed by atoms with van der Waals surface area (Å²) in [7, 11) is 3.49. The highest BCUT2D eigenvalue weighted by Crippen LogP contribution is 2.32. The zero-order valence-electron chi connectivity index (χ0n) is 11.4. The van der Waals surface area contributed by atoms with Crippen LogP contribution in [0.15, 0.2) is 18.2 Å². The Labute approximate surface area is 113 Å². The predicted octanol–water partition coefficient (Wildman–Crippen LogP) is 1.03. The summed E-state index contributed by atoms with van der Waals surface area (Å²) in [6.45, 7) is 2.26. The van der Waals surface area contributed by atoms with E-state index < -0.39 is 0 Å². The van der Waals surface area contributed by atoms with E-state index in [2.05, 4.69) is 5.32 Å². The number of carbonyl (C=O) groups is 1. The molecule has 5 heteroatoms. The van der Waals surface area contributed by atoms with Gasteiger partial charge in [0.2, 0.25) is 5.91 Å². The van der Waals surface area contributed by atoms with Crippen LogP contribution in [0, 0.1) is 0 Å². The van der Waals surface area contributed by atoms with Crippen LogP contribution in [-0.2, 0) is 11.3 Å². The van der Waals surface area contributed by atoms with Crippen molar-refractivity contribution in [2.45, 2.75) is 13.0 Å². The summed E-state index contributed by atoms with van der Waals surface area (Å²) in [5.41, 5.74) is 1.02. The summed E-state index contributed by atoms with van der Waals surface area (Å²) in [5.74, 6) is 1.64. The molecule has 1 amide bonds. The molecule has 0 unspecified atom stereocenters. The lowest BCUT2D eigenvalue weighted by atomic mass is 10.2. The van der Waals surface area contributed by atoms with Gasteiger partial charge in [0.1, 0.15) is 0 Å². The maximum Gasteiger partial charge on any atom is 0.236 e. The van der Waals surface area contributed by atoms with Crippen molar-refractivity contribution in [3.8, 4) is 11.5 Å². The molecule has 0 saturated heterocycles. The Hall–Kier alpha value is -1.75. The van der Waals surface area contributed by atoms with E-state index in [-0.39, 0.29) is 5.91 Å². The zero-order chi connectivity index (χ0) is 13.7. The fourth-order valence-electron chi connectivity index (χ4n) is 1.86. The van der Waals surface area contributed by atoms with Crippen LogP contribution < -0.4 is 14.8 Å². The highest BCUT2D eigenvalue weighted by atomic mass is 16.5. The normalized spacial score (nSPS) is 13.8. The number of likely N-dealkylation sites (N-methyl/N-ethyl adjacent to an activating group) is 1. The predicted molar refractivity (Wildman–Crippen MR) is 72.4 cm³/mol. The van der Waals surface area contributed by atoms with Gasteiger partial charge < -0.3 is 19.7 Å². The fraction of sp³-hybridized carbons (Fsp3) is 0.500. The average Bonchev–Trinajstić information content (AvgIpc) is 2.64. The molecular weight excluding hydrogens is 244 g/mol. The number of hydrogen-bond acceptors (Lipinski definition) is 4. The molecule has 0 fully saturated rings. The smallest absolute Gasteiger partial charge is 0.236 e. The van der Waals surface area contributed by atoms with E-state index in [1.807, 2.05) is 18.2 Å². The number of benzene rings is 1. The Morgan fingerprint density at radius 1 is 1.32 bits per heavy atom. The summed E-state index contributed by atoms with van der Waals surface area (Å²) in [6, 6.07) is 5.84. The van der Waals surface area contributed by atoms with Crippen molar-refractivity contribution < 1.29 is 14.3 Å². The second kappa shape index (κ2) is 6.43. The summed E-state index contributed by atoms with van der Waals surface area (Å²) in [5, 5.41) is 3.13. The molecule has 1 aromatic rings. The van der Waals surface area contributed by atoms with Crippen LogP contribution in [0.25, 0.3) is 0 Å². The first-order valence-electron chi connectivity index (χ1n) is 6.47. The maximum atomic E-state index is 11.5. The molecule has 0 spiro atoms. The molecule has 0 bridgehead atoms.